The Morgan fingerprint density at radius 2 is 1.62 bits per heavy atom. The number of alkyl halides is 3. The largest absolute Gasteiger partial charge is 0.390 e. The number of hydrogen-bond acceptors (Lipinski definition) is 1. The predicted molar refractivity (Wildman–Crippen MR) is 47.3 cm³/mol. The van der Waals surface area contributed by atoms with Crippen molar-refractivity contribution in [2.24, 2.45) is 11.7 Å². The Morgan fingerprint density at radius 1 is 1.15 bits per heavy atom. The third-order valence-corrected chi connectivity index (χ3v) is 2.28. The Bertz CT molecular complexity index is 129. The molecule has 2 N–H and O–H groups in total. The minimum atomic E-state index is -4.12. The SMILES string of the molecule is CCC(CC)CC(N)CC(F)(F)F. The molecule has 0 heterocycles. The molecular formula is C9H18F3N. The summed E-state index contributed by atoms with van der Waals surface area (Å²) in [5, 5.41) is 0. The first-order valence-corrected chi connectivity index (χ1v) is 4.71. The summed E-state index contributed by atoms with van der Waals surface area (Å²) in [5.41, 5.74) is 5.39. The van der Waals surface area contributed by atoms with E-state index in [4.69, 9.17) is 5.73 Å². The number of halogens is 3. The zero-order valence-corrected chi connectivity index (χ0v) is 8.19. The summed E-state index contributed by atoms with van der Waals surface area (Å²) in [6, 6.07) is -0.732. The highest BCUT2D eigenvalue weighted by atomic mass is 19.4. The van der Waals surface area contributed by atoms with Gasteiger partial charge in [0.25, 0.3) is 0 Å². The molecule has 0 aromatic rings. The van der Waals surface area contributed by atoms with Crippen LogP contribution in [-0.4, -0.2) is 12.2 Å². The molecule has 1 unspecified atom stereocenters. The highest BCUT2D eigenvalue weighted by Gasteiger charge is 2.30. The highest BCUT2D eigenvalue weighted by molar-refractivity contribution is 4.70. The quantitative estimate of drug-likeness (QED) is 0.720. The van der Waals surface area contributed by atoms with Crippen LogP contribution in [0.2, 0.25) is 0 Å². The molecule has 4 heteroatoms. The fourth-order valence-electron chi connectivity index (χ4n) is 1.43. The lowest BCUT2D eigenvalue weighted by atomic mass is 9.94. The summed E-state index contributed by atoms with van der Waals surface area (Å²) in [4.78, 5) is 0. The third kappa shape index (κ3) is 6.87. The second kappa shape index (κ2) is 5.47. The van der Waals surface area contributed by atoms with E-state index in [0.717, 1.165) is 12.8 Å². The molecule has 80 valence electrons. The van der Waals surface area contributed by atoms with Crippen molar-refractivity contribution in [2.45, 2.75) is 51.7 Å². The third-order valence-electron chi connectivity index (χ3n) is 2.28. The van der Waals surface area contributed by atoms with E-state index in [2.05, 4.69) is 0 Å². The van der Waals surface area contributed by atoms with Crippen molar-refractivity contribution in [2.75, 3.05) is 0 Å². The van der Waals surface area contributed by atoms with Crippen LogP contribution in [0.5, 0.6) is 0 Å². The molecule has 0 aliphatic rings. The van der Waals surface area contributed by atoms with Crippen molar-refractivity contribution in [3.8, 4) is 0 Å². The van der Waals surface area contributed by atoms with Gasteiger partial charge in [-0.2, -0.15) is 13.2 Å². The van der Waals surface area contributed by atoms with E-state index in [1.807, 2.05) is 13.8 Å². The summed E-state index contributed by atoms with van der Waals surface area (Å²) in [5.74, 6) is 0.331. The maximum absolute atomic E-state index is 11.9. The zero-order valence-electron chi connectivity index (χ0n) is 8.19. The van der Waals surface area contributed by atoms with Crippen LogP contribution in [0.15, 0.2) is 0 Å². The maximum atomic E-state index is 11.9. The van der Waals surface area contributed by atoms with E-state index in [-0.39, 0.29) is 0 Å². The van der Waals surface area contributed by atoms with E-state index >= 15 is 0 Å². The minimum Gasteiger partial charge on any atom is -0.327 e. The van der Waals surface area contributed by atoms with Gasteiger partial charge in [-0.25, -0.2) is 0 Å². The first kappa shape index (κ1) is 12.8. The molecule has 0 amide bonds. The highest BCUT2D eigenvalue weighted by Crippen LogP contribution is 2.24. The van der Waals surface area contributed by atoms with Gasteiger partial charge >= 0.3 is 6.18 Å². The normalized spacial score (nSPS) is 15.0. The Kier molecular flexibility index (Phi) is 5.37. The molecule has 0 saturated heterocycles. The molecule has 0 fully saturated rings. The molecule has 1 nitrogen and oxygen atoms in total. The van der Waals surface area contributed by atoms with Crippen molar-refractivity contribution >= 4 is 0 Å². The van der Waals surface area contributed by atoms with Crippen molar-refractivity contribution in [1.82, 2.24) is 0 Å². The van der Waals surface area contributed by atoms with Gasteiger partial charge in [0.2, 0.25) is 0 Å². The molecule has 0 aliphatic carbocycles. The molecular weight excluding hydrogens is 179 g/mol. The van der Waals surface area contributed by atoms with Crippen molar-refractivity contribution < 1.29 is 13.2 Å². The standard InChI is InChI=1S/C9H18F3N/c1-3-7(4-2)5-8(13)6-9(10,11)12/h7-8H,3-6,13H2,1-2H3. The van der Waals surface area contributed by atoms with Crippen LogP contribution >= 0.6 is 0 Å². The van der Waals surface area contributed by atoms with Crippen molar-refractivity contribution in [3.63, 3.8) is 0 Å². The summed E-state index contributed by atoms with van der Waals surface area (Å²) in [6.07, 6.45) is -2.69. The lowest BCUT2D eigenvalue weighted by molar-refractivity contribution is -0.138. The Hall–Kier alpha value is -0.250. The molecule has 0 aromatic heterocycles. The number of nitrogens with two attached hydrogens (primary N) is 1. The molecule has 0 spiro atoms. The average Bonchev–Trinajstić information content (AvgIpc) is 1.96. The van der Waals surface area contributed by atoms with Gasteiger partial charge in [0.05, 0.1) is 6.42 Å². The van der Waals surface area contributed by atoms with Gasteiger partial charge in [-0.05, 0) is 12.3 Å². The molecule has 0 radical (unpaired) electrons. The molecule has 0 aromatic carbocycles. The van der Waals surface area contributed by atoms with Gasteiger partial charge in [0.15, 0.2) is 0 Å². The van der Waals surface area contributed by atoms with E-state index in [1.165, 1.54) is 0 Å². The van der Waals surface area contributed by atoms with Crippen LogP contribution in [0, 0.1) is 5.92 Å². The lowest BCUT2D eigenvalue weighted by Gasteiger charge is -2.19. The summed E-state index contributed by atoms with van der Waals surface area (Å²) >= 11 is 0. The Balaban J connectivity index is 3.79. The van der Waals surface area contributed by atoms with Gasteiger partial charge in [-0.3, -0.25) is 0 Å². The first-order chi connectivity index (χ1) is 5.89. The number of rotatable bonds is 5. The van der Waals surface area contributed by atoms with E-state index < -0.39 is 18.6 Å². The maximum Gasteiger partial charge on any atom is 0.390 e. The van der Waals surface area contributed by atoms with E-state index in [0.29, 0.717) is 12.3 Å². The van der Waals surface area contributed by atoms with Gasteiger partial charge in [-0.15, -0.1) is 0 Å². The number of hydrogen-bond donors (Lipinski definition) is 1. The van der Waals surface area contributed by atoms with Crippen LogP contribution in [0.4, 0.5) is 13.2 Å². The lowest BCUT2D eigenvalue weighted by Crippen LogP contribution is -2.29. The molecule has 0 rings (SSSR count). The van der Waals surface area contributed by atoms with Crippen molar-refractivity contribution in [1.29, 1.82) is 0 Å². The molecule has 0 bridgehead atoms. The molecule has 0 aliphatic heterocycles. The topological polar surface area (TPSA) is 26.0 Å². The smallest absolute Gasteiger partial charge is 0.327 e. The van der Waals surface area contributed by atoms with Crippen LogP contribution < -0.4 is 5.73 Å². The zero-order chi connectivity index (χ0) is 10.5. The Labute approximate surface area is 77.5 Å². The van der Waals surface area contributed by atoms with Crippen LogP contribution in [0.1, 0.15) is 39.5 Å². The average molecular weight is 197 g/mol. The molecule has 0 saturated carbocycles. The second-order valence-electron chi connectivity index (χ2n) is 3.50. The van der Waals surface area contributed by atoms with Gasteiger partial charge < -0.3 is 5.73 Å². The van der Waals surface area contributed by atoms with Gasteiger partial charge in [0, 0.05) is 6.04 Å². The van der Waals surface area contributed by atoms with Gasteiger partial charge in [-0.1, -0.05) is 26.7 Å². The monoisotopic (exact) mass is 197 g/mol. The van der Waals surface area contributed by atoms with Crippen LogP contribution in [0.3, 0.4) is 0 Å². The van der Waals surface area contributed by atoms with E-state index in [9.17, 15) is 13.2 Å². The van der Waals surface area contributed by atoms with Crippen LogP contribution in [0.25, 0.3) is 0 Å². The summed E-state index contributed by atoms with van der Waals surface area (Å²) in [6.45, 7) is 3.96. The van der Waals surface area contributed by atoms with Crippen molar-refractivity contribution in [3.05, 3.63) is 0 Å². The minimum absolute atomic E-state index is 0.331. The van der Waals surface area contributed by atoms with Crippen LogP contribution in [-0.2, 0) is 0 Å². The second-order valence-corrected chi connectivity index (χ2v) is 3.50. The summed E-state index contributed by atoms with van der Waals surface area (Å²) in [7, 11) is 0. The molecule has 1 atom stereocenters. The summed E-state index contributed by atoms with van der Waals surface area (Å²) < 4.78 is 35.7. The van der Waals surface area contributed by atoms with E-state index in [1.54, 1.807) is 0 Å². The fraction of sp³-hybridized carbons (Fsp3) is 1.00. The molecule has 13 heavy (non-hydrogen) atoms. The van der Waals surface area contributed by atoms with Gasteiger partial charge in [0.1, 0.15) is 0 Å². The first-order valence-electron chi connectivity index (χ1n) is 4.71. The predicted octanol–water partition coefficient (Wildman–Crippen LogP) is 3.09. The fourth-order valence-corrected chi connectivity index (χ4v) is 1.43. The Morgan fingerprint density at radius 3 is 1.92 bits per heavy atom.